The largest absolute Gasteiger partial charge is 0.497 e. The minimum Gasteiger partial charge on any atom is -0.497 e. The van der Waals surface area contributed by atoms with Gasteiger partial charge in [0.05, 0.1) is 35.1 Å². The first-order valence-electron chi connectivity index (χ1n) is 9.73. The van der Waals surface area contributed by atoms with E-state index in [0.717, 1.165) is 9.37 Å². The molecule has 34 heavy (non-hydrogen) atoms. The van der Waals surface area contributed by atoms with E-state index in [1.807, 2.05) is 0 Å². The van der Waals surface area contributed by atoms with Crippen molar-refractivity contribution in [1.29, 1.82) is 0 Å². The maximum absolute atomic E-state index is 12.7. The SMILES string of the molecule is COc1ccc(-c2ccc(/C=C3/SC(=O)N(CC(=O)c4ccc(Br)cc4)C3=O)o2)c([N+](=O)[O-])c1. The number of ketones is 1. The zero-order valence-corrected chi connectivity index (χ0v) is 19.9. The van der Waals surface area contributed by atoms with Crippen LogP contribution < -0.4 is 4.74 Å². The lowest BCUT2D eigenvalue weighted by molar-refractivity contribution is -0.384. The molecule has 3 aromatic rings. The van der Waals surface area contributed by atoms with Crippen molar-refractivity contribution in [2.75, 3.05) is 13.7 Å². The second-order valence-electron chi connectivity index (χ2n) is 7.04. The quantitative estimate of drug-likeness (QED) is 0.165. The van der Waals surface area contributed by atoms with Crippen LogP contribution in [0.25, 0.3) is 17.4 Å². The van der Waals surface area contributed by atoms with E-state index in [1.54, 1.807) is 30.3 Å². The summed E-state index contributed by atoms with van der Waals surface area (Å²) in [6.07, 6.45) is 1.37. The number of nitro benzene ring substituents is 1. The number of hydrogen-bond donors (Lipinski definition) is 0. The van der Waals surface area contributed by atoms with Gasteiger partial charge in [-0.3, -0.25) is 29.4 Å². The summed E-state index contributed by atoms with van der Waals surface area (Å²) in [5.74, 6) is -0.222. The fourth-order valence-electron chi connectivity index (χ4n) is 3.21. The minimum atomic E-state index is -0.617. The van der Waals surface area contributed by atoms with E-state index in [9.17, 15) is 24.5 Å². The van der Waals surface area contributed by atoms with Crippen molar-refractivity contribution in [3.05, 3.63) is 85.4 Å². The molecule has 1 fully saturated rings. The third kappa shape index (κ3) is 4.80. The molecule has 0 N–H and O–H groups in total. The predicted octanol–water partition coefficient (Wildman–Crippen LogP) is 5.55. The number of imide groups is 1. The van der Waals surface area contributed by atoms with Gasteiger partial charge in [-0.15, -0.1) is 0 Å². The second-order valence-corrected chi connectivity index (χ2v) is 8.95. The van der Waals surface area contributed by atoms with Gasteiger partial charge in [0.2, 0.25) is 0 Å². The predicted molar refractivity (Wildman–Crippen MR) is 128 cm³/mol. The van der Waals surface area contributed by atoms with Crippen molar-refractivity contribution in [2.24, 2.45) is 0 Å². The smallest absolute Gasteiger partial charge is 0.293 e. The summed E-state index contributed by atoms with van der Waals surface area (Å²) in [5, 5.41) is 10.9. The average Bonchev–Trinajstić information content (AvgIpc) is 3.39. The molecule has 11 heteroatoms. The Hall–Kier alpha value is -3.70. The molecule has 1 aliphatic rings. The second kappa shape index (κ2) is 9.65. The normalized spacial score (nSPS) is 14.6. The van der Waals surface area contributed by atoms with Crippen molar-refractivity contribution in [1.82, 2.24) is 4.90 Å². The van der Waals surface area contributed by atoms with Crippen molar-refractivity contribution in [3.63, 3.8) is 0 Å². The molecule has 9 nitrogen and oxygen atoms in total. The van der Waals surface area contributed by atoms with Gasteiger partial charge in [-0.2, -0.15) is 0 Å². The Bertz CT molecular complexity index is 1350. The number of ether oxygens (including phenoxy) is 1. The van der Waals surface area contributed by atoms with E-state index in [2.05, 4.69) is 15.9 Å². The van der Waals surface area contributed by atoms with Crippen LogP contribution >= 0.6 is 27.7 Å². The third-order valence-electron chi connectivity index (χ3n) is 4.91. The molecule has 4 rings (SSSR count). The van der Waals surface area contributed by atoms with Crippen molar-refractivity contribution >= 4 is 56.4 Å². The lowest BCUT2D eigenvalue weighted by Crippen LogP contribution is -2.33. The van der Waals surface area contributed by atoms with Crippen LogP contribution in [0, 0.1) is 10.1 Å². The number of nitro groups is 1. The molecule has 1 aliphatic heterocycles. The molecule has 2 amide bonds. The van der Waals surface area contributed by atoms with Gasteiger partial charge < -0.3 is 9.15 Å². The van der Waals surface area contributed by atoms with Gasteiger partial charge in [0.25, 0.3) is 16.8 Å². The molecule has 1 aromatic heterocycles. The molecule has 2 heterocycles. The Morgan fingerprint density at radius 1 is 1.18 bits per heavy atom. The lowest BCUT2D eigenvalue weighted by Gasteiger charge is -2.11. The van der Waals surface area contributed by atoms with Crippen LogP contribution in [0.3, 0.4) is 0 Å². The zero-order chi connectivity index (χ0) is 24.4. The summed E-state index contributed by atoms with van der Waals surface area (Å²) < 4.78 is 11.5. The summed E-state index contributed by atoms with van der Waals surface area (Å²) >= 11 is 3.98. The first kappa shape index (κ1) is 23.5. The molecule has 0 spiro atoms. The van der Waals surface area contributed by atoms with Crippen molar-refractivity contribution in [2.45, 2.75) is 0 Å². The van der Waals surface area contributed by atoms with Crippen LogP contribution in [0.4, 0.5) is 10.5 Å². The number of rotatable bonds is 7. The Kier molecular flexibility index (Phi) is 6.66. The highest BCUT2D eigenvalue weighted by Gasteiger charge is 2.36. The number of Topliss-reactive ketones (excluding diaryl/α,β-unsaturated/α-hetero) is 1. The van der Waals surface area contributed by atoms with E-state index < -0.39 is 16.1 Å². The van der Waals surface area contributed by atoms with Gasteiger partial charge in [-0.05, 0) is 48.2 Å². The maximum atomic E-state index is 12.7. The maximum Gasteiger partial charge on any atom is 0.293 e. The van der Waals surface area contributed by atoms with E-state index >= 15 is 0 Å². The number of thioether (sulfide) groups is 1. The molecule has 0 atom stereocenters. The van der Waals surface area contributed by atoms with Gasteiger partial charge in [0, 0.05) is 16.1 Å². The first-order valence-corrected chi connectivity index (χ1v) is 11.3. The first-order chi connectivity index (χ1) is 16.3. The number of carbonyl (C=O) groups excluding carboxylic acids is 3. The third-order valence-corrected chi connectivity index (χ3v) is 6.34. The minimum absolute atomic E-state index is 0.0822. The lowest BCUT2D eigenvalue weighted by atomic mass is 10.1. The monoisotopic (exact) mass is 542 g/mol. The van der Waals surface area contributed by atoms with E-state index in [1.165, 1.54) is 37.5 Å². The van der Waals surface area contributed by atoms with Gasteiger partial charge in [0.15, 0.2) is 5.78 Å². The number of benzene rings is 2. The topological polar surface area (TPSA) is 120 Å². The van der Waals surface area contributed by atoms with Gasteiger partial charge in [0.1, 0.15) is 17.3 Å². The van der Waals surface area contributed by atoms with Crippen LogP contribution in [-0.4, -0.2) is 40.4 Å². The summed E-state index contributed by atoms with van der Waals surface area (Å²) in [6, 6.07) is 14.0. The van der Waals surface area contributed by atoms with Gasteiger partial charge in [-0.25, -0.2) is 0 Å². The molecule has 0 aliphatic carbocycles. The molecule has 1 saturated heterocycles. The summed E-state index contributed by atoms with van der Waals surface area (Å²) in [4.78, 5) is 49.4. The number of methoxy groups -OCH3 is 1. The van der Waals surface area contributed by atoms with Crippen LogP contribution in [-0.2, 0) is 4.79 Å². The molecule has 2 aromatic carbocycles. The van der Waals surface area contributed by atoms with Gasteiger partial charge >= 0.3 is 0 Å². The zero-order valence-electron chi connectivity index (χ0n) is 17.5. The van der Waals surface area contributed by atoms with Crippen molar-refractivity contribution < 1.29 is 28.5 Å². The van der Waals surface area contributed by atoms with E-state index in [0.29, 0.717) is 23.1 Å². The van der Waals surface area contributed by atoms with Crippen LogP contribution in [0.15, 0.2) is 68.4 Å². The van der Waals surface area contributed by atoms with Crippen LogP contribution in [0.5, 0.6) is 5.75 Å². The summed E-state index contributed by atoms with van der Waals surface area (Å²) in [7, 11) is 1.41. The average molecular weight is 543 g/mol. The standard InChI is InChI=1S/C23H15BrN2O7S/c1-32-15-6-8-17(18(10-15)26(30)31)20-9-7-16(33-20)11-21-22(28)25(23(29)34-21)12-19(27)13-2-4-14(24)5-3-13/h2-11H,12H2,1H3/b21-11+. The Balaban J connectivity index is 1.54. The Morgan fingerprint density at radius 2 is 1.91 bits per heavy atom. The number of furan rings is 1. The number of halogens is 1. The number of hydrogen-bond acceptors (Lipinski definition) is 8. The molecular weight excluding hydrogens is 528 g/mol. The molecule has 172 valence electrons. The van der Waals surface area contributed by atoms with Crippen LogP contribution in [0.2, 0.25) is 0 Å². The van der Waals surface area contributed by atoms with Crippen molar-refractivity contribution in [3.8, 4) is 17.1 Å². The summed E-state index contributed by atoms with van der Waals surface area (Å²) in [6.45, 7) is -0.384. The highest BCUT2D eigenvalue weighted by Crippen LogP contribution is 2.36. The molecule has 0 radical (unpaired) electrons. The van der Waals surface area contributed by atoms with Crippen LogP contribution in [0.1, 0.15) is 16.1 Å². The Labute approximate surface area is 205 Å². The van der Waals surface area contributed by atoms with E-state index in [4.69, 9.17) is 9.15 Å². The number of nitrogens with zero attached hydrogens (tertiary/aromatic N) is 2. The summed E-state index contributed by atoms with van der Waals surface area (Å²) in [5.41, 5.74) is 0.411. The number of carbonyl (C=O) groups is 3. The molecule has 0 saturated carbocycles. The fraction of sp³-hybridized carbons (Fsp3) is 0.0870. The molecular formula is C23H15BrN2O7S. The molecule has 0 unspecified atom stereocenters. The Morgan fingerprint density at radius 3 is 2.59 bits per heavy atom. The van der Waals surface area contributed by atoms with E-state index in [-0.39, 0.29) is 40.0 Å². The number of amides is 2. The van der Waals surface area contributed by atoms with Gasteiger partial charge in [-0.1, -0.05) is 28.1 Å². The highest BCUT2D eigenvalue weighted by atomic mass is 79.9. The molecule has 0 bridgehead atoms. The highest BCUT2D eigenvalue weighted by molar-refractivity contribution is 9.10. The fourth-order valence-corrected chi connectivity index (χ4v) is 4.29.